The lowest BCUT2D eigenvalue weighted by Crippen LogP contribution is -2.03. The molecule has 0 aliphatic carbocycles. The Morgan fingerprint density at radius 2 is 1.90 bits per heavy atom. The van der Waals surface area contributed by atoms with Crippen molar-refractivity contribution in [1.29, 1.82) is 0 Å². The number of aryl methyl sites for hydroxylation is 1. The fourth-order valence-electron chi connectivity index (χ4n) is 2.75. The fraction of sp³-hybridized carbons (Fsp3) is 0.250. The summed E-state index contributed by atoms with van der Waals surface area (Å²) in [4.78, 5) is 15.5. The molecule has 0 aliphatic heterocycles. The molecule has 0 saturated heterocycles. The minimum absolute atomic E-state index is 0.106. The predicted molar refractivity (Wildman–Crippen MR) is 123 cm³/mol. The second-order valence-corrected chi connectivity index (χ2v) is 6.80. The van der Waals surface area contributed by atoms with E-state index in [9.17, 15) is 13.6 Å². The van der Waals surface area contributed by atoms with Crippen molar-refractivity contribution in [1.82, 2.24) is 0 Å². The molecule has 0 radical (unpaired) electrons. The summed E-state index contributed by atoms with van der Waals surface area (Å²) < 4.78 is 29.1. The number of aliphatic imine (C=N–C) groups is 1. The Hall–Kier alpha value is -3.48. The van der Waals surface area contributed by atoms with Crippen LogP contribution in [0, 0.1) is 6.92 Å². The van der Waals surface area contributed by atoms with Crippen molar-refractivity contribution in [3.05, 3.63) is 71.1 Å². The number of allylic oxidation sites excluding steroid dienone is 3. The van der Waals surface area contributed by atoms with Crippen LogP contribution in [0.1, 0.15) is 38.3 Å². The first-order chi connectivity index (χ1) is 14.9. The molecule has 0 aliphatic rings. The molecule has 1 amide bonds. The summed E-state index contributed by atoms with van der Waals surface area (Å²) in [6, 6.07) is 12.1. The highest BCUT2D eigenvalue weighted by Gasteiger charge is 2.07. The normalized spacial score (nSPS) is 12.7. The third-order valence-corrected chi connectivity index (χ3v) is 4.71. The lowest BCUT2D eigenvalue weighted by atomic mass is 10.1. The summed E-state index contributed by atoms with van der Waals surface area (Å²) in [5, 5.41) is 6.00. The first-order valence-corrected chi connectivity index (χ1v) is 9.91. The largest absolute Gasteiger partial charge is 0.435 e. The third-order valence-electron chi connectivity index (χ3n) is 4.71. The van der Waals surface area contributed by atoms with Crippen LogP contribution in [0.2, 0.25) is 0 Å². The molecule has 0 bridgehead atoms. The maximum Gasteiger partial charge on any atom is 0.387 e. The van der Waals surface area contributed by atoms with Crippen LogP contribution in [-0.4, -0.2) is 19.2 Å². The summed E-state index contributed by atoms with van der Waals surface area (Å²) in [6.45, 7) is 4.97. The van der Waals surface area contributed by atoms with Gasteiger partial charge in [0, 0.05) is 17.6 Å². The van der Waals surface area contributed by atoms with E-state index in [2.05, 4.69) is 20.4 Å². The Morgan fingerprint density at radius 3 is 2.48 bits per heavy atom. The monoisotopic (exact) mass is 427 g/mol. The SMILES string of the molecule is C\C=C(/C=N\C(Nc1ccc(C)c(NC=O)c1)=C(/C)CC)c1ccc(OC(F)F)cc1. The molecule has 2 aromatic carbocycles. The minimum Gasteiger partial charge on any atom is -0.435 e. The van der Waals surface area contributed by atoms with Crippen LogP contribution in [-0.2, 0) is 4.79 Å². The molecule has 164 valence electrons. The summed E-state index contributed by atoms with van der Waals surface area (Å²) in [5.74, 6) is 0.801. The molecule has 2 aromatic rings. The summed E-state index contributed by atoms with van der Waals surface area (Å²) in [5.41, 5.74) is 5.18. The average molecular weight is 427 g/mol. The molecule has 0 saturated carbocycles. The maximum absolute atomic E-state index is 12.3. The number of anilines is 2. The topological polar surface area (TPSA) is 62.7 Å². The van der Waals surface area contributed by atoms with Crippen molar-refractivity contribution >= 4 is 29.6 Å². The fourth-order valence-corrected chi connectivity index (χ4v) is 2.75. The molecule has 0 spiro atoms. The van der Waals surface area contributed by atoms with Crippen molar-refractivity contribution in [2.45, 2.75) is 40.7 Å². The molecule has 2 N–H and O–H groups in total. The zero-order valence-corrected chi connectivity index (χ0v) is 18.1. The Morgan fingerprint density at radius 1 is 1.19 bits per heavy atom. The molecule has 0 fully saturated rings. The van der Waals surface area contributed by atoms with Crippen molar-refractivity contribution in [2.24, 2.45) is 4.99 Å². The van der Waals surface area contributed by atoms with Crippen LogP contribution in [0.3, 0.4) is 0 Å². The number of halogens is 2. The number of amides is 1. The van der Waals surface area contributed by atoms with Crippen LogP contribution in [0.5, 0.6) is 5.75 Å². The molecule has 2 rings (SSSR count). The van der Waals surface area contributed by atoms with E-state index in [1.807, 2.05) is 52.0 Å². The van der Waals surface area contributed by atoms with Gasteiger partial charge in [-0.3, -0.25) is 4.79 Å². The molecular weight excluding hydrogens is 400 g/mol. The summed E-state index contributed by atoms with van der Waals surface area (Å²) in [6.07, 6.45) is 5.07. The third kappa shape index (κ3) is 7.06. The van der Waals surface area contributed by atoms with E-state index in [1.54, 1.807) is 18.3 Å². The lowest BCUT2D eigenvalue weighted by Gasteiger charge is -2.13. The number of rotatable bonds is 10. The van der Waals surface area contributed by atoms with E-state index < -0.39 is 6.61 Å². The van der Waals surface area contributed by atoms with Crippen molar-refractivity contribution < 1.29 is 18.3 Å². The zero-order valence-electron chi connectivity index (χ0n) is 18.1. The van der Waals surface area contributed by atoms with Gasteiger partial charge in [-0.25, -0.2) is 4.99 Å². The Bertz CT molecular complexity index is 981. The lowest BCUT2D eigenvalue weighted by molar-refractivity contribution is -0.105. The standard InChI is InChI=1S/C24H27F2N3O2/c1-5-16(3)23(29-20-10-7-17(4)22(13-20)28-15-30)27-14-18(6-2)19-8-11-21(12-9-19)31-24(25)26/h6-15,24,29H,5H2,1-4H3,(H,28,30)/b18-6+,23-16-,27-14-. The number of hydrogen-bond donors (Lipinski definition) is 2. The quantitative estimate of drug-likeness (QED) is 0.341. The number of carbonyl (C=O) groups excluding carboxylic acids is 1. The average Bonchev–Trinajstić information content (AvgIpc) is 2.75. The number of alkyl halides is 2. The maximum atomic E-state index is 12.3. The second kappa shape index (κ2) is 11.6. The molecule has 31 heavy (non-hydrogen) atoms. The van der Waals surface area contributed by atoms with Gasteiger partial charge in [-0.05, 0) is 73.7 Å². The number of benzene rings is 2. The van der Waals surface area contributed by atoms with Gasteiger partial charge >= 0.3 is 6.61 Å². The van der Waals surface area contributed by atoms with E-state index in [4.69, 9.17) is 0 Å². The summed E-state index contributed by atoms with van der Waals surface area (Å²) in [7, 11) is 0. The molecule has 0 atom stereocenters. The predicted octanol–water partition coefficient (Wildman–Crippen LogP) is 6.39. The van der Waals surface area contributed by atoms with E-state index in [-0.39, 0.29) is 5.75 Å². The Kier molecular flexibility index (Phi) is 8.94. The van der Waals surface area contributed by atoms with E-state index >= 15 is 0 Å². The first kappa shape index (κ1) is 23.8. The van der Waals surface area contributed by atoms with E-state index in [0.29, 0.717) is 12.2 Å². The highest BCUT2D eigenvalue weighted by atomic mass is 19.3. The van der Waals surface area contributed by atoms with Crippen LogP contribution in [0.25, 0.3) is 5.57 Å². The second-order valence-electron chi connectivity index (χ2n) is 6.80. The smallest absolute Gasteiger partial charge is 0.387 e. The first-order valence-electron chi connectivity index (χ1n) is 9.91. The van der Waals surface area contributed by atoms with Crippen molar-refractivity contribution in [3.8, 4) is 5.75 Å². The highest BCUT2D eigenvalue weighted by molar-refractivity contribution is 6.10. The van der Waals surface area contributed by atoms with Gasteiger partial charge in [0.25, 0.3) is 0 Å². The van der Waals surface area contributed by atoms with Gasteiger partial charge in [0.2, 0.25) is 6.41 Å². The van der Waals surface area contributed by atoms with Gasteiger partial charge in [-0.2, -0.15) is 8.78 Å². The molecule has 0 heterocycles. The van der Waals surface area contributed by atoms with Gasteiger partial charge in [0.05, 0.1) is 0 Å². The van der Waals surface area contributed by atoms with Gasteiger partial charge < -0.3 is 15.4 Å². The number of ether oxygens (including phenoxy) is 1. The van der Waals surface area contributed by atoms with Crippen LogP contribution in [0.4, 0.5) is 20.2 Å². The molecular formula is C24H27F2N3O2. The molecule has 0 unspecified atom stereocenters. The van der Waals surface area contributed by atoms with Crippen LogP contribution >= 0.6 is 0 Å². The van der Waals surface area contributed by atoms with Gasteiger partial charge in [-0.15, -0.1) is 0 Å². The zero-order chi connectivity index (χ0) is 22.8. The van der Waals surface area contributed by atoms with Gasteiger partial charge in [-0.1, -0.05) is 31.2 Å². The summed E-state index contributed by atoms with van der Waals surface area (Å²) >= 11 is 0. The molecule has 5 nitrogen and oxygen atoms in total. The van der Waals surface area contributed by atoms with Crippen molar-refractivity contribution in [2.75, 3.05) is 10.6 Å². The minimum atomic E-state index is -2.85. The Labute approximate surface area is 181 Å². The Balaban J connectivity index is 2.25. The van der Waals surface area contributed by atoms with E-state index in [0.717, 1.165) is 40.1 Å². The van der Waals surface area contributed by atoms with Gasteiger partial charge in [0.1, 0.15) is 11.6 Å². The number of nitrogens with one attached hydrogen (secondary N) is 2. The molecule has 0 aromatic heterocycles. The van der Waals surface area contributed by atoms with Crippen LogP contribution < -0.4 is 15.4 Å². The van der Waals surface area contributed by atoms with Crippen LogP contribution in [0.15, 0.2) is 64.9 Å². The number of nitrogens with zero attached hydrogens (tertiary/aromatic N) is 1. The van der Waals surface area contributed by atoms with Crippen molar-refractivity contribution in [3.63, 3.8) is 0 Å². The van der Waals surface area contributed by atoms with Gasteiger partial charge in [0.15, 0.2) is 0 Å². The molecule has 7 heteroatoms. The number of hydrogen-bond acceptors (Lipinski definition) is 4. The number of carbonyl (C=O) groups is 1. The highest BCUT2D eigenvalue weighted by Crippen LogP contribution is 2.24. The van der Waals surface area contributed by atoms with E-state index in [1.165, 1.54) is 12.1 Å².